The van der Waals surface area contributed by atoms with Crippen LogP contribution in [0, 0.1) is 5.92 Å². The molecule has 0 bridgehead atoms. The number of hydrogen-bond acceptors (Lipinski definition) is 2. The van der Waals surface area contributed by atoms with Crippen LogP contribution >= 0.6 is 0 Å². The molecule has 1 aliphatic carbocycles. The van der Waals surface area contributed by atoms with Crippen LogP contribution in [-0.4, -0.2) is 19.0 Å². The maximum absolute atomic E-state index is 11.2. The molecule has 0 saturated heterocycles. The van der Waals surface area contributed by atoms with Gasteiger partial charge in [0.15, 0.2) is 0 Å². The van der Waals surface area contributed by atoms with Gasteiger partial charge in [-0.3, -0.25) is 0 Å². The van der Waals surface area contributed by atoms with Gasteiger partial charge in [0.25, 0.3) is 0 Å². The molecule has 0 fully saturated rings. The van der Waals surface area contributed by atoms with Gasteiger partial charge in [0.2, 0.25) is 0 Å². The van der Waals surface area contributed by atoms with Crippen molar-refractivity contribution >= 4 is 5.78 Å². The highest BCUT2D eigenvalue weighted by molar-refractivity contribution is 5.78. The molecule has 1 unspecified atom stereocenters. The average Bonchev–Trinajstić information content (AvgIpc) is 3.28. The van der Waals surface area contributed by atoms with Gasteiger partial charge >= 0.3 is 0 Å². The van der Waals surface area contributed by atoms with E-state index >= 15 is 0 Å². The Morgan fingerprint density at radius 3 is 1.85 bits per heavy atom. The van der Waals surface area contributed by atoms with Gasteiger partial charge in [0, 0.05) is 18.9 Å². The second-order valence-corrected chi connectivity index (χ2v) is 11.6. The highest BCUT2D eigenvalue weighted by Gasteiger charge is 2.28. The zero-order valence-electron chi connectivity index (χ0n) is 24.1. The highest BCUT2D eigenvalue weighted by atomic mass is 16.5. The predicted octanol–water partition coefficient (Wildman–Crippen LogP) is 9.94. The molecule has 4 rings (SSSR count). The van der Waals surface area contributed by atoms with Crippen molar-refractivity contribution < 1.29 is 9.53 Å². The Balaban J connectivity index is 1.20. The summed E-state index contributed by atoms with van der Waals surface area (Å²) in [5, 5.41) is 0. The Morgan fingerprint density at radius 2 is 1.21 bits per heavy atom. The summed E-state index contributed by atoms with van der Waals surface area (Å²) in [6.07, 6.45) is 15.7. The van der Waals surface area contributed by atoms with E-state index in [0.29, 0.717) is 17.6 Å². The van der Waals surface area contributed by atoms with E-state index in [1.807, 2.05) is 0 Å². The third kappa shape index (κ3) is 9.46. The van der Waals surface area contributed by atoms with E-state index in [1.54, 1.807) is 6.92 Å². The van der Waals surface area contributed by atoms with Gasteiger partial charge in [-0.1, -0.05) is 124 Å². The number of aryl methyl sites for hydroxylation is 1. The van der Waals surface area contributed by atoms with E-state index in [0.717, 1.165) is 26.1 Å². The van der Waals surface area contributed by atoms with Crippen molar-refractivity contribution in [3.63, 3.8) is 0 Å². The summed E-state index contributed by atoms with van der Waals surface area (Å²) in [4.78, 5) is 11.2. The Labute approximate surface area is 237 Å². The number of benzene rings is 3. The molecule has 3 aromatic carbocycles. The summed E-state index contributed by atoms with van der Waals surface area (Å²) in [6.45, 7) is 3.33. The largest absolute Gasteiger partial charge is 0.380 e. The molecule has 3 aromatic rings. The first-order chi connectivity index (χ1) is 19.2. The van der Waals surface area contributed by atoms with E-state index in [4.69, 9.17) is 4.74 Å². The number of rotatable bonds is 19. The van der Waals surface area contributed by atoms with Crippen LogP contribution in [0.2, 0.25) is 0 Å². The van der Waals surface area contributed by atoms with Gasteiger partial charge in [0.05, 0.1) is 6.61 Å². The van der Waals surface area contributed by atoms with Crippen molar-refractivity contribution in [2.45, 2.75) is 96.3 Å². The molecule has 0 aromatic heterocycles. The van der Waals surface area contributed by atoms with E-state index in [-0.39, 0.29) is 0 Å². The monoisotopic (exact) mass is 524 g/mol. The molecular weight excluding hydrogens is 476 g/mol. The van der Waals surface area contributed by atoms with Gasteiger partial charge in [0.1, 0.15) is 5.78 Å². The van der Waals surface area contributed by atoms with Gasteiger partial charge in [-0.25, -0.2) is 0 Å². The summed E-state index contributed by atoms with van der Waals surface area (Å²) < 4.78 is 6.50. The lowest BCUT2D eigenvalue weighted by molar-refractivity contribution is -0.117. The Hall–Kier alpha value is -2.71. The van der Waals surface area contributed by atoms with Gasteiger partial charge < -0.3 is 9.53 Å². The number of fused-ring (bicyclic) bond motifs is 3. The minimum Gasteiger partial charge on any atom is -0.380 e. The molecular formula is C37H48O2. The first kappa shape index (κ1) is 29.3. The second kappa shape index (κ2) is 16.4. The number of hydrogen-bond donors (Lipinski definition) is 0. The number of unbranched alkanes of at least 4 members (excludes halogenated alkanes) is 7. The van der Waals surface area contributed by atoms with Crippen molar-refractivity contribution in [3.05, 3.63) is 95.6 Å². The van der Waals surface area contributed by atoms with E-state index in [1.165, 1.54) is 98.4 Å². The Morgan fingerprint density at radius 1 is 0.667 bits per heavy atom. The fraction of sp³-hybridized carbons (Fsp3) is 0.486. The zero-order valence-corrected chi connectivity index (χ0v) is 24.1. The van der Waals surface area contributed by atoms with Crippen LogP contribution in [-0.2, 0) is 16.0 Å². The number of ketones is 1. The van der Waals surface area contributed by atoms with E-state index < -0.39 is 0 Å². The Kier molecular flexibility index (Phi) is 12.3. The molecule has 0 saturated carbocycles. The first-order valence-electron chi connectivity index (χ1n) is 15.5. The summed E-state index contributed by atoms with van der Waals surface area (Å²) >= 11 is 0. The lowest BCUT2D eigenvalue weighted by Gasteiger charge is -2.20. The van der Waals surface area contributed by atoms with Crippen LogP contribution in [0.4, 0.5) is 0 Å². The fourth-order valence-corrected chi connectivity index (χ4v) is 6.20. The molecule has 2 nitrogen and oxygen atoms in total. The summed E-state index contributed by atoms with van der Waals surface area (Å²) in [5.41, 5.74) is 7.03. The van der Waals surface area contributed by atoms with Crippen LogP contribution in [0.3, 0.4) is 0 Å². The standard InChI is InChI=1S/C37H48O2/c1-30(38)18-8-5-6-11-23-32(22-10-4-2-3-9-19-31-20-12-7-13-21-31)28-39-29-37-35-26-16-14-24-33(35)34-25-15-17-27-36(34)37/h7,12-17,20-21,24-27,32,37H,2-6,8-11,18-19,22-23,28-29H2,1H3. The van der Waals surface area contributed by atoms with Crippen molar-refractivity contribution in [1.82, 2.24) is 0 Å². The summed E-state index contributed by atoms with van der Waals surface area (Å²) in [6, 6.07) is 28.5. The molecule has 0 aliphatic heterocycles. The normalized spacial score (nSPS) is 13.3. The van der Waals surface area contributed by atoms with Crippen LogP contribution < -0.4 is 0 Å². The number of Topliss-reactive ketones (excluding diaryl/α,β-unsaturated/α-hetero) is 1. The molecule has 0 radical (unpaired) electrons. The third-order valence-electron chi connectivity index (χ3n) is 8.41. The average molecular weight is 525 g/mol. The van der Waals surface area contributed by atoms with Crippen molar-refractivity contribution in [1.29, 1.82) is 0 Å². The molecule has 2 heteroatoms. The predicted molar refractivity (Wildman–Crippen MR) is 164 cm³/mol. The molecule has 1 atom stereocenters. The quantitative estimate of drug-likeness (QED) is 0.146. The Bertz CT molecular complexity index is 1070. The molecule has 0 heterocycles. The lowest BCUT2D eigenvalue weighted by atomic mass is 9.94. The molecule has 39 heavy (non-hydrogen) atoms. The topological polar surface area (TPSA) is 26.3 Å². The molecule has 0 N–H and O–H groups in total. The van der Waals surface area contributed by atoms with Crippen LogP contribution in [0.15, 0.2) is 78.9 Å². The highest BCUT2D eigenvalue weighted by Crippen LogP contribution is 2.44. The molecule has 0 amide bonds. The third-order valence-corrected chi connectivity index (χ3v) is 8.41. The number of ether oxygens (including phenoxy) is 1. The fourth-order valence-electron chi connectivity index (χ4n) is 6.20. The van der Waals surface area contributed by atoms with Crippen molar-refractivity contribution in [2.24, 2.45) is 5.92 Å². The maximum atomic E-state index is 11.2. The van der Waals surface area contributed by atoms with Crippen LogP contribution in [0.5, 0.6) is 0 Å². The van der Waals surface area contributed by atoms with E-state index in [9.17, 15) is 4.79 Å². The van der Waals surface area contributed by atoms with Gasteiger partial charge in [-0.2, -0.15) is 0 Å². The lowest BCUT2D eigenvalue weighted by Crippen LogP contribution is -2.14. The van der Waals surface area contributed by atoms with E-state index in [2.05, 4.69) is 78.9 Å². The smallest absolute Gasteiger partial charge is 0.129 e. The van der Waals surface area contributed by atoms with Gasteiger partial charge in [-0.05, 0) is 72.8 Å². The van der Waals surface area contributed by atoms with Crippen LogP contribution in [0.25, 0.3) is 11.1 Å². The second-order valence-electron chi connectivity index (χ2n) is 11.6. The number of carbonyl (C=O) groups is 1. The number of carbonyl (C=O) groups excluding carboxylic acids is 1. The first-order valence-corrected chi connectivity index (χ1v) is 15.5. The summed E-state index contributed by atoms with van der Waals surface area (Å²) in [7, 11) is 0. The minimum atomic E-state index is 0.320. The maximum Gasteiger partial charge on any atom is 0.129 e. The minimum absolute atomic E-state index is 0.320. The van der Waals surface area contributed by atoms with Crippen molar-refractivity contribution in [2.75, 3.05) is 13.2 Å². The van der Waals surface area contributed by atoms with Crippen molar-refractivity contribution in [3.8, 4) is 11.1 Å². The summed E-state index contributed by atoms with van der Waals surface area (Å²) in [5.74, 6) is 1.29. The van der Waals surface area contributed by atoms with Crippen LogP contribution in [0.1, 0.15) is 107 Å². The molecule has 208 valence electrons. The van der Waals surface area contributed by atoms with Gasteiger partial charge in [-0.15, -0.1) is 0 Å². The molecule has 1 aliphatic rings. The zero-order chi connectivity index (χ0) is 27.1. The molecule has 0 spiro atoms. The SMILES string of the molecule is CC(=O)CCCCCCC(CCCCCCCc1ccccc1)COCC1c2ccccc2-c2ccccc21.